The van der Waals surface area contributed by atoms with Crippen molar-refractivity contribution in [1.82, 2.24) is 0 Å². The summed E-state index contributed by atoms with van der Waals surface area (Å²) in [5.74, 6) is 0.325. The third-order valence-electron chi connectivity index (χ3n) is 3.22. The zero-order valence-corrected chi connectivity index (χ0v) is 11.3. The molecule has 0 saturated heterocycles. The van der Waals surface area contributed by atoms with Crippen molar-refractivity contribution in [1.29, 1.82) is 0 Å². The fourth-order valence-corrected chi connectivity index (χ4v) is 2.12. The van der Waals surface area contributed by atoms with Crippen LogP contribution >= 0.6 is 0 Å². The van der Waals surface area contributed by atoms with E-state index in [9.17, 15) is 9.50 Å². The van der Waals surface area contributed by atoms with Gasteiger partial charge in [-0.1, -0.05) is 23.8 Å². The SMILES string of the molecule is COc1ccc(C(O)c2cc(C)ccc2F)c(C)c1. The Balaban J connectivity index is 2.43. The monoisotopic (exact) mass is 260 g/mol. The molecule has 0 aliphatic rings. The molecule has 0 fully saturated rings. The second kappa shape index (κ2) is 5.41. The summed E-state index contributed by atoms with van der Waals surface area (Å²) in [5.41, 5.74) is 2.77. The molecule has 0 amide bonds. The molecule has 1 unspecified atom stereocenters. The lowest BCUT2D eigenvalue weighted by Gasteiger charge is -2.16. The smallest absolute Gasteiger partial charge is 0.129 e. The minimum atomic E-state index is -0.967. The van der Waals surface area contributed by atoms with Gasteiger partial charge < -0.3 is 9.84 Å². The number of halogens is 1. The molecule has 0 radical (unpaired) electrons. The summed E-state index contributed by atoms with van der Waals surface area (Å²) in [6.45, 7) is 3.74. The molecule has 2 nitrogen and oxygen atoms in total. The molecule has 2 aromatic rings. The summed E-state index contributed by atoms with van der Waals surface area (Å²) < 4.78 is 18.9. The average molecular weight is 260 g/mol. The van der Waals surface area contributed by atoms with Crippen LogP contribution in [0.5, 0.6) is 5.75 Å². The van der Waals surface area contributed by atoms with Gasteiger partial charge >= 0.3 is 0 Å². The van der Waals surface area contributed by atoms with Crippen molar-refractivity contribution in [2.24, 2.45) is 0 Å². The van der Waals surface area contributed by atoms with Gasteiger partial charge in [-0.2, -0.15) is 0 Å². The van der Waals surface area contributed by atoms with Crippen LogP contribution in [0.2, 0.25) is 0 Å². The van der Waals surface area contributed by atoms with Crippen LogP contribution in [-0.4, -0.2) is 12.2 Å². The second-order valence-electron chi connectivity index (χ2n) is 4.65. The van der Waals surface area contributed by atoms with E-state index in [1.807, 2.05) is 19.9 Å². The Kier molecular flexibility index (Phi) is 3.86. The maximum absolute atomic E-state index is 13.8. The molecule has 1 N–H and O–H groups in total. The van der Waals surface area contributed by atoms with Crippen LogP contribution in [0.1, 0.15) is 28.4 Å². The Morgan fingerprint density at radius 2 is 1.79 bits per heavy atom. The number of benzene rings is 2. The average Bonchev–Trinajstić information content (AvgIpc) is 2.40. The molecule has 2 rings (SSSR count). The first-order valence-electron chi connectivity index (χ1n) is 6.11. The maximum atomic E-state index is 13.8. The molecule has 0 heterocycles. The van der Waals surface area contributed by atoms with E-state index in [2.05, 4.69) is 0 Å². The van der Waals surface area contributed by atoms with Gasteiger partial charge in [0, 0.05) is 5.56 Å². The third-order valence-corrected chi connectivity index (χ3v) is 3.22. The number of aliphatic hydroxyl groups is 1. The van der Waals surface area contributed by atoms with E-state index in [0.717, 1.165) is 16.9 Å². The van der Waals surface area contributed by atoms with Gasteiger partial charge in [0.1, 0.15) is 17.7 Å². The minimum Gasteiger partial charge on any atom is -0.497 e. The van der Waals surface area contributed by atoms with Crippen molar-refractivity contribution in [2.45, 2.75) is 20.0 Å². The highest BCUT2D eigenvalue weighted by molar-refractivity contribution is 5.41. The Morgan fingerprint density at radius 1 is 1.05 bits per heavy atom. The minimum absolute atomic E-state index is 0.299. The van der Waals surface area contributed by atoms with Crippen molar-refractivity contribution < 1.29 is 14.2 Å². The molecule has 0 aliphatic heterocycles. The highest BCUT2D eigenvalue weighted by atomic mass is 19.1. The summed E-state index contributed by atoms with van der Waals surface area (Å²) >= 11 is 0. The van der Waals surface area contributed by atoms with Crippen molar-refractivity contribution in [3.05, 3.63) is 64.5 Å². The van der Waals surface area contributed by atoms with Gasteiger partial charge in [0.25, 0.3) is 0 Å². The molecule has 0 spiro atoms. The first-order valence-corrected chi connectivity index (χ1v) is 6.11. The van der Waals surface area contributed by atoms with Crippen LogP contribution in [0, 0.1) is 19.7 Å². The number of methoxy groups -OCH3 is 1. The molecule has 1 atom stereocenters. The molecule has 0 aliphatic carbocycles. The largest absolute Gasteiger partial charge is 0.497 e. The van der Waals surface area contributed by atoms with Gasteiger partial charge in [-0.3, -0.25) is 0 Å². The fourth-order valence-electron chi connectivity index (χ4n) is 2.12. The molecular weight excluding hydrogens is 243 g/mol. The Bertz CT molecular complexity index is 593. The summed E-state index contributed by atoms with van der Waals surface area (Å²) in [5, 5.41) is 10.4. The van der Waals surface area contributed by atoms with Crippen molar-refractivity contribution in [3.63, 3.8) is 0 Å². The summed E-state index contributed by atoms with van der Waals surface area (Å²) in [6, 6.07) is 10.1. The lowest BCUT2D eigenvalue weighted by atomic mass is 9.96. The van der Waals surface area contributed by atoms with Crippen LogP contribution in [0.15, 0.2) is 36.4 Å². The van der Waals surface area contributed by atoms with E-state index in [0.29, 0.717) is 11.1 Å². The molecule has 0 aromatic heterocycles. The molecule has 19 heavy (non-hydrogen) atoms. The van der Waals surface area contributed by atoms with Crippen LogP contribution in [0.4, 0.5) is 4.39 Å². The topological polar surface area (TPSA) is 29.5 Å². The van der Waals surface area contributed by atoms with Gasteiger partial charge in [-0.25, -0.2) is 4.39 Å². The van der Waals surface area contributed by atoms with Gasteiger partial charge in [-0.15, -0.1) is 0 Å². The number of hydrogen-bond donors (Lipinski definition) is 1. The van der Waals surface area contributed by atoms with E-state index in [4.69, 9.17) is 4.74 Å². The van der Waals surface area contributed by atoms with E-state index < -0.39 is 11.9 Å². The zero-order chi connectivity index (χ0) is 14.0. The Hall–Kier alpha value is -1.87. The van der Waals surface area contributed by atoms with E-state index in [1.54, 1.807) is 31.4 Å². The maximum Gasteiger partial charge on any atom is 0.129 e. The van der Waals surface area contributed by atoms with Gasteiger partial charge in [0.05, 0.1) is 7.11 Å². The second-order valence-corrected chi connectivity index (χ2v) is 4.65. The van der Waals surface area contributed by atoms with Crippen LogP contribution in [0.25, 0.3) is 0 Å². The highest BCUT2D eigenvalue weighted by Gasteiger charge is 2.17. The van der Waals surface area contributed by atoms with Gasteiger partial charge in [0.2, 0.25) is 0 Å². The molecule has 0 saturated carbocycles. The highest BCUT2D eigenvalue weighted by Crippen LogP contribution is 2.29. The van der Waals surface area contributed by atoms with Crippen LogP contribution in [0.3, 0.4) is 0 Å². The first kappa shape index (κ1) is 13.6. The number of aryl methyl sites for hydroxylation is 2. The van der Waals surface area contributed by atoms with Crippen molar-refractivity contribution >= 4 is 0 Å². The third kappa shape index (κ3) is 2.76. The zero-order valence-electron chi connectivity index (χ0n) is 11.3. The quantitative estimate of drug-likeness (QED) is 0.914. The summed E-state index contributed by atoms with van der Waals surface area (Å²) in [4.78, 5) is 0. The van der Waals surface area contributed by atoms with Gasteiger partial charge in [0.15, 0.2) is 0 Å². The number of ether oxygens (including phenoxy) is 1. The van der Waals surface area contributed by atoms with Crippen LogP contribution in [-0.2, 0) is 0 Å². The lowest BCUT2D eigenvalue weighted by Crippen LogP contribution is -2.05. The first-order chi connectivity index (χ1) is 9.02. The Labute approximate surface area is 112 Å². The Morgan fingerprint density at radius 3 is 2.42 bits per heavy atom. The number of hydrogen-bond acceptors (Lipinski definition) is 2. The molecule has 3 heteroatoms. The fraction of sp³-hybridized carbons (Fsp3) is 0.250. The normalized spacial score (nSPS) is 12.3. The lowest BCUT2D eigenvalue weighted by molar-refractivity contribution is 0.214. The summed E-state index contributed by atoms with van der Waals surface area (Å²) in [6.07, 6.45) is -0.967. The molecule has 2 aromatic carbocycles. The number of aliphatic hydroxyl groups excluding tert-OH is 1. The predicted molar refractivity (Wildman–Crippen MR) is 72.9 cm³/mol. The van der Waals surface area contributed by atoms with Crippen molar-refractivity contribution in [3.8, 4) is 5.75 Å². The van der Waals surface area contributed by atoms with E-state index in [-0.39, 0.29) is 0 Å². The van der Waals surface area contributed by atoms with E-state index in [1.165, 1.54) is 6.07 Å². The van der Waals surface area contributed by atoms with Gasteiger partial charge in [-0.05, 0) is 43.2 Å². The number of rotatable bonds is 3. The molecule has 100 valence electrons. The predicted octanol–water partition coefficient (Wildman–Crippen LogP) is 3.53. The summed E-state index contributed by atoms with van der Waals surface area (Å²) in [7, 11) is 1.59. The molecule has 0 bridgehead atoms. The van der Waals surface area contributed by atoms with E-state index >= 15 is 0 Å². The van der Waals surface area contributed by atoms with Crippen LogP contribution < -0.4 is 4.74 Å². The standard InChI is InChI=1S/C16H17FO2/c1-10-4-7-15(17)14(8-10)16(18)13-6-5-12(19-3)9-11(13)2/h4-9,16,18H,1-3H3. The molecular formula is C16H17FO2. The van der Waals surface area contributed by atoms with Crippen molar-refractivity contribution in [2.75, 3.05) is 7.11 Å².